The Balaban J connectivity index is 1.81. The number of aromatic nitrogens is 1. The molecule has 0 aliphatic heterocycles. The van der Waals surface area contributed by atoms with Gasteiger partial charge >= 0.3 is 0 Å². The summed E-state index contributed by atoms with van der Waals surface area (Å²) < 4.78 is 10.3. The Morgan fingerprint density at radius 1 is 1.04 bits per heavy atom. The van der Waals surface area contributed by atoms with E-state index in [0.29, 0.717) is 30.3 Å². The SMILES string of the molecule is COCCOc1ccc(NC(=O)CNC(=O)c2ccc(C(C)(C)C)cc2)cn1. The average molecular weight is 385 g/mol. The molecule has 28 heavy (non-hydrogen) atoms. The van der Waals surface area contributed by atoms with Gasteiger partial charge in [-0.3, -0.25) is 9.59 Å². The van der Waals surface area contributed by atoms with Crippen molar-refractivity contribution in [3.8, 4) is 5.88 Å². The lowest BCUT2D eigenvalue weighted by atomic mass is 9.87. The third-order valence-electron chi connectivity index (χ3n) is 3.98. The van der Waals surface area contributed by atoms with Gasteiger partial charge in [0.1, 0.15) is 6.61 Å². The highest BCUT2D eigenvalue weighted by atomic mass is 16.5. The van der Waals surface area contributed by atoms with Crippen LogP contribution in [0.2, 0.25) is 0 Å². The van der Waals surface area contributed by atoms with Crippen molar-refractivity contribution in [3.05, 3.63) is 53.7 Å². The van der Waals surface area contributed by atoms with Crippen LogP contribution < -0.4 is 15.4 Å². The van der Waals surface area contributed by atoms with Crippen LogP contribution in [0.3, 0.4) is 0 Å². The molecule has 1 aromatic carbocycles. The largest absolute Gasteiger partial charge is 0.475 e. The second kappa shape index (κ2) is 9.85. The molecule has 0 saturated heterocycles. The predicted molar refractivity (Wildman–Crippen MR) is 108 cm³/mol. The van der Waals surface area contributed by atoms with E-state index < -0.39 is 0 Å². The quantitative estimate of drug-likeness (QED) is 0.682. The first-order valence-electron chi connectivity index (χ1n) is 9.06. The van der Waals surface area contributed by atoms with Crippen LogP contribution in [0, 0.1) is 0 Å². The number of methoxy groups -OCH3 is 1. The first-order chi connectivity index (χ1) is 13.3. The lowest BCUT2D eigenvalue weighted by Gasteiger charge is -2.19. The summed E-state index contributed by atoms with van der Waals surface area (Å²) in [6.45, 7) is 7.07. The van der Waals surface area contributed by atoms with E-state index in [9.17, 15) is 9.59 Å². The molecular weight excluding hydrogens is 358 g/mol. The third kappa shape index (κ3) is 6.66. The van der Waals surface area contributed by atoms with Crippen LogP contribution in [0.15, 0.2) is 42.6 Å². The maximum Gasteiger partial charge on any atom is 0.251 e. The molecule has 1 aromatic heterocycles. The molecule has 0 spiro atoms. The monoisotopic (exact) mass is 385 g/mol. The fourth-order valence-electron chi connectivity index (χ4n) is 2.36. The molecule has 0 unspecified atom stereocenters. The number of carbonyl (C=O) groups is 2. The number of ether oxygens (including phenoxy) is 2. The van der Waals surface area contributed by atoms with Gasteiger partial charge in [-0.2, -0.15) is 0 Å². The van der Waals surface area contributed by atoms with Crippen LogP contribution in [-0.2, 0) is 14.9 Å². The van der Waals surface area contributed by atoms with Crippen LogP contribution in [0.1, 0.15) is 36.7 Å². The van der Waals surface area contributed by atoms with Crippen molar-refractivity contribution < 1.29 is 19.1 Å². The smallest absolute Gasteiger partial charge is 0.251 e. The van der Waals surface area contributed by atoms with Crippen molar-refractivity contribution in [2.45, 2.75) is 26.2 Å². The van der Waals surface area contributed by atoms with Crippen molar-refractivity contribution in [3.63, 3.8) is 0 Å². The summed E-state index contributed by atoms with van der Waals surface area (Å²) in [5.74, 6) is -0.188. The van der Waals surface area contributed by atoms with E-state index >= 15 is 0 Å². The van der Waals surface area contributed by atoms with Crippen molar-refractivity contribution >= 4 is 17.5 Å². The number of nitrogens with one attached hydrogen (secondary N) is 2. The van der Waals surface area contributed by atoms with E-state index in [0.717, 1.165) is 5.56 Å². The molecular formula is C21H27N3O4. The Kier molecular flexibility index (Phi) is 7.52. The van der Waals surface area contributed by atoms with E-state index in [1.807, 2.05) is 12.1 Å². The Morgan fingerprint density at radius 3 is 2.32 bits per heavy atom. The van der Waals surface area contributed by atoms with Gasteiger partial charge in [0.25, 0.3) is 5.91 Å². The number of hydrogen-bond donors (Lipinski definition) is 2. The summed E-state index contributed by atoms with van der Waals surface area (Å²) in [4.78, 5) is 28.3. The molecule has 2 amide bonds. The van der Waals surface area contributed by atoms with Crippen LogP contribution in [-0.4, -0.2) is 43.7 Å². The number of hydrogen-bond acceptors (Lipinski definition) is 5. The fourth-order valence-corrected chi connectivity index (χ4v) is 2.36. The summed E-state index contributed by atoms with van der Waals surface area (Å²) in [7, 11) is 1.59. The van der Waals surface area contributed by atoms with E-state index in [-0.39, 0.29) is 23.8 Å². The zero-order chi connectivity index (χ0) is 20.6. The van der Waals surface area contributed by atoms with Gasteiger partial charge in [-0.05, 0) is 29.2 Å². The van der Waals surface area contributed by atoms with Crippen molar-refractivity contribution in [1.29, 1.82) is 0 Å². The molecule has 2 rings (SSSR count). The molecule has 0 fully saturated rings. The van der Waals surface area contributed by atoms with Gasteiger partial charge in [0.15, 0.2) is 0 Å². The Hall–Kier alpha value is -2.93. The second-order valence-corrected chi connectivity index (χ2v) is 7.28. The van der Waals surface area contributed by atoms with Gasteiger partial charge < -0.3 is 20.1 Å². The normalized spacial score (nSPS) is 11.0. The molecule has 0 saturated carbocycles. The molecule has 1 heterocycles. The number of nitrogens with zero attached hydrogens (tertiary/aromatic N) is 1. The lowest BCUT2D eigenvalue weighted by molar-refractivity contribution is -0.115. The standard InChI is InChI=1S/C21H27N3O4/c1-21(2,3)16-7-5-15(6-8-16)20(26)23-14-18(25)24-17-9-10-19(22-13-17)28-12-11-27-4/h5-10,13H,11-12,14H2,1-4H3,(H,23,26)(H,24,25). The minimum atomic E-state index is -0.338. The molecule has 7 heteroatoms. The zero-order valence-electron chi connectivity index (χ0n) is 16.7. The van der Waals surface area contributed by atoms with Gasteiger partial charge in [0.2, 0.25) is 11.8 Å². The number of anilines is 1. The fraction of sp³-hybridized carbons (Fsp3) is 0.381. The summed E-state index contributed by atoms with van der Waals surface area (Å²) in [6.07, 6.45) is 1.49. The highest BCUT2D eigenvalue weighted by Gasteiger charge is 2.14. The lowest BCUT2D eigenvalue weighted by Crippen LogP contribution is -2.32. The number of carbonyl (C=O) groups excluding carboxylic acids is 2. The van der Waals surface area contributed by atoms with Crippen LogP contribution >= 0.6 is 0 Å². The summed E-state index contributed by atoms with van der Waals surface area (Å²) in [5.41, 5.74) is 2.20. The second-order valence-electron chi connectivity index (χ2n) is 7.28. The molecule has 150 valence electrons. The summed E-state index contributed by atoms with van der Waals surface area (Å²) in [5, 5.41) is 5.29. The minimum Gasteiger partial charge on any atom is -0.475 e. The molecule has 7 nitrogen and oxygen atoms in total. The molecule has 0 aliphatic carbocycles. The predicted octanol–water partition coefficient (Wildman–Crippen LogP) is 2.77. The average Bonchev–Trinajstić information content (AvgIpc) is 2.67. The molecule has 0 aliphatic rings. The topological polar surface area (TPSA) is 89.5 Å². The van der Waals surface area contributed by atoms with Gasteiger partial charge in [0, 0.05) is 18.7 Å². The van der Waals surface area contributed by atoms with Gasteiger partial charge in [-0.25, -0.2) is 4.98 Å². The van der Waals surface area contributed by atoms with Crippen molar-refractivity contribution in [1.82, 2.24) is 10.3 Å². The van der Waals surface area contributed by atoms with E-state index in [1.165, 1.54) is 6.20 Å². The zero-order valence-corrected chi connectivity index (χ0v) is 16.7. The van der Waals surface area contributed by atoms with E-state index in [1.54, 1.807) is 31.4 Å². The third-order valence-corrected chi connectivity index (χ3v) is 3.98. The number of rotatable bonds is 8. The first-order valence-corrected chi connectivity index (χ1v) is 9.06. The van der Waals surface area contributed by atoms with Crippen molar-refractivity contribution in [2.24, 2.45) is 0 Å². The molecule has 0 radical (unpaired) electrons. The van der Waals surface area contributed by atoms with E-state index in [4.69, 9.17) is 9.47 Å². The van der Waals surface area contributed by atoms with Crippen LogP contribution in [0.25, 0.3) is 0 Å². The minimum absolute atomic E-state index is 0.0211. The van der Waals surface area contributed by atoms with E-state index in [2.05, 4.69) is 36.4 Å². The molecule has 2 aromatic rings. The Labute approximate surface area is 165 Å². The van der Waals surface area contributed by atoms with Gasteiger partial charge in [0.05, 0.1) is 25.0 Å². The Bertz CT molecular complexity index is 781. The number of benzene rings is 1. The maximum absolute atomic E-state index is 12.2. The molecule has 0 bridgehead atoms. The van der Waals surface area contributed by atoms with Crippen LogP contribution in [0.4, 0.5) is 5.69 Å². The van der Waals surface area contributed by atoms with Gasteiger partial charge in [-0.1, -0.05) is 32.9 Å². The highest BCUT2D eigenvalue weighted by molar-refractivity contribution is 5.99. The van der Waals surface area contributed by atoms with Crippen molar-refractivity contribution in [2.75, 3.05) is 32.2 Å². The maximum atomic E-state index is 12.2. The van der Waals surface area contributed by atoms with Gasteiger partial charge in [-0.15, -0.1) is 0 Å². The highest BCUT2D eigenvalue weighted by Crippen LogP contribution is 2.22. The summed E-state index contributed by atoms with van der Waals surface area (Å²) >= 11 is 0. The van der Waals surface area contributed by atoms with Crippen LogP contribution in [0.5, 0.6) is 5.88 Å². The molecule has 2 N–H and O–H groups in total. The Morgan fingerprint density at radius 2 is 1.75 bits per heavy atom. The first kappa shape index (κ1) is 21.4. The summed E-state index contributed by atoms with van der Waals surface area (Å²) in [6, 6.07) is 10.7. The number of pyridine rings is 1. The number of amides is 2. The molecule has 0 atom stereocenters.